The van der Waals surface area contributed by atoms with Gasteiger partial charge in [0.15, 0.2) is 0 Å². The van der Waals surface area contributed by atoms with Crippen LogP contribution < -0.4 is 5.32 Å². The molecule has 1 unspecified atom stereocenters. The molecular formula is C18H22FN5. The molecule has 0 radical (unpaired) electrons. The lowest BCUT2D eigenvalue weighted by molar-refractivity contribution is 0.339. The number of aryl methyl sites for hydroxylation is 1. The lowest BCUT2D eigenvalue weighted by atomic mass is 9.98. The molecule has 1 N–H and O–H groups in total. The Labute approximate surface area is 141 Å². The van der Waals surface area contributed by atoms with Gasteiger partial charge in [-0.1, -0.05) is 19.9 Å². The van der Waals surface area contributed by atoms with E-state index in [0.29, 0.717) is 29.5 Å². The summed E-state index contributed by atoms with van der Waals surface area (Å²) in [7, 11) is 0. The molecule has 1 aromatic heterocycles. The second-order valence-corrected chi connectivity index (χ2v) is 6.69. The first-order valence-electron chi connectivity index (χ1n) is 8.39. The summed E-state index contributed by atoms with van der Waals surface area (Å²) in [6, 6.07) is 6.57. The van der Waals surface area contributed by atoms with Crippen molar-refractivity contribution in [2.24, 2.45) is 5.92 Å². The lowest BCUT2D eigenvalue weighted by Gasteiger charge is -2.25. The quantitative estimate of drug-likeness (QED) is 0.917. The van der Waals surface area contributed by atoms with Crippen LogP contribution in [-0.4, -0.2) is 21.3 Å². The molecule has 1 aromatic carbocycles. The first-order chi connectivity index (χ1) is 11.6. The fourth-order valence-electron chi connectivity index (χ4n) is 3.18. The average molecular weight is 327 g/mol. The molecule has 0 spiro atoms. The van der Waals surface area contributed by atoms with Gasteiger partial charge >= 0.3 is 0 Å². The molecule has 0 saturated carbocycles. The molecular weight excluding hydrogens is 305 g/mol. The third-order valence-corrected chi connectivity index (χ3v) is 4.52. The molecule has 1 aliphatic rings. The van der Waals surface area contributed by atoms with Crippen LogP contribution in [0.5, 0.6) is 0 Å². The predicted molar refractivity (Wildman–Crippen MR) is 88.7 cm³/mol. The SMILES string of the molecule is CC(C)c1nnc2n1CC(CNCc1ccc(C#N)cc1F)CC2. The van der Waals surface area contributed by atoms with Crippen molar-refractivity contribution in [1.82, 2.24) is 20.1 Å². The van der Waals surface area contributed by atoms with Crippen LogP contribution in [-0.2, 0) is 19.5 Å². The minimum atomic E-state index is -0.326. The Bertz CT molecular complexity index is 759. The molecule has 6 heteroatoms. The molecule has 2 heterocycles. The third kappa shape index (κ3) is 3.46. The maximum Gasteiger partial charge on any atom is 0.135 e. The summed E-state index contributed by atoms with van der Waals surface area (Å²) in [5, 5.41) is 20.7. The van der Waals surface area contributed by atoms with E-state index in [9.17, 15) is 4.39 Å². The van der Waals surface area contributed by atoms with Crippen LogP contribution in [0, 0.1) is 23.1 Å². The van der Waals surface area contributed by atoms with Crippen LogP contribution in [0.15, 0.2) is 18.2 Å². The van der Waals surface area contributed by atoms with Crippen molar-refractivity contribution in [3.05, 3.63) is 46.8 Å². The molecule has 0 bridgehead atoms. The Balaban J connectivity index is 1.56. The molecule has 0 aliphatic carbocycles. The number of hydrogen-bond acceptors (Lipinski definition) is 4. The highest BCUT2D eigenvalue weighted by atomic mass is 19.1. The maximum atomic E-state index is 13.9. The van der Waals surface area contributed by atoms with Crippen LogP contribution in [0.1, 0.15) is 49.0 Å². The van der Waals surface area contributed by atoms with Gasteiger partial charge in [0.2, 0.25) is 0 Å². The average Bonchev–Trinajstić information content (AvgIpc) is 2.99. The highest BCUT2D eigenvalue weighted by molar-refractivity contribution is 5.32. The van der Waals surface area contributed by atoms with Crippen molar-refractivity contribution < 1.29 is 4.39 Å². The molecule has 0 amide bonds. The molecule has 1 aliphatic heterocycles. The molecule has 0 fully saturated rings. The Morgan fingerprint density at radius 2 is 2.25 bits per heavy atom. The molecule has 3 rings (SSSR count). The summed E-state index contributed by atoms with van der Waals surface area (Å²) in [6.45, 7) is 6.48. The van der Waals surface area contributed by atoms with Crippen LogP contribution in [0.2, 0.25) is 0 Å². The minimum absolute atomic E-state index is 0.326. The normalized spacial score (nSPS) is 16.9. The van der Waals surface area contributed by atoms with E-state index >= 15 is 0 Å². The second-order valence-electron chi connectivity index (χ2n) is 6.69. The minimum Gasteiger partial charge on any atom is -0.314 e. The van der Waals surface area contributed by atoms with Gasteiger partial charge < -0.3 is 9.88 Å². The number of aromatic nitrogens is 3. The monoisotopic (exact) mass is 327 g/mol. The zero-order chi connectivity index (χ0) is 17.1. The van der Waals surface area contributed by atoms with Crippen molar-refractivity contribution >= 4 is 0 Å². The number of nitrogens with one attached hydrogen (secondary N) is 1. The number of nitriles is 1. The van der Waals surface area contributed by atoms with Crippen molar-refractivity contribution in [3.8, 4) is 6.07 Å². The number of rotatable bonds is 5. The van der Waals surface area contributed by atoms with E-state index in [1.54, 1.807) is 12.1 Å². The van der Waals surface area contributed by atoms with Crippen molar-refractivity contribution in [2.75, 3.05) is 6.54 Å². The van der Waals surface area contributed by atoms with Gasteiger partial charge in [0.25, 0.3) is 0 Å². The van der Waals surface area contributed by atoms with E-state index in [0.717, 1.165) is 37.6 Å². The Kier molecular flexibility index (Phi) is 4.91. The van der Waals surface area contributed by atoms with Gasteiger partial charge in [0.05, 0.1) is 11.6 Å². The third-order valence-electron chi connectivity index (χ3n) is 4.52. The zero-order valence-corrected chi connectivity index (χ0v) is 14.1. The Hall–Kier alpha value is -2.26. The summed E-state index contributed by atoms with van der Waals surface area (Å²) >= 11 is 0. The summed E-state index contributed by atoms with van der Waals surface area (Å²) in [5.41, 5.74) is 0.947. The largest absolute Gasteiger partial charge is 0.314 e. The lowest BCUT2D eigenvalue weighted by Crippen LogP contribution is -2.31. The van der Waals surface area contributed by atoms with Gasteiger partial charge in [-0.2, -0.15) is 5.26 Å². The molecule has 5 nitrogen and oxygen atoms in total. The number of benzene rings is 1. The molecule has 24 heavy (non-hydrogen) atoms. The van der Waals surface area contributed by atoms with Crippen molar-refractivity contribution in [1.29, 1.82) is 5.26 Å². The van der Waals surface area contributed by atoms with Gasteiger partial charge in [0.1, 0.15) is 17.5 Å². The summed E-state index contributed by atoms with van der Waals surface area (Å²) in [6.07, 6.45) is 2.01. The number of nitrogens with zero attached hydrogens (tertiary/aromatic N) is 4. The van der Waals surface area contributed by atoms with Crippen LogP contribution in [0.25, 0.3) is 0 Å². The van der Waals surface area contributed by atoms with E-state index in [1.807, 2.05) is 6.07 Å². The first-order valence-corrected chi connectivity index (χ1v) is 8.39. The zero-order valence-electron chi connectivity index (χ0n) is 14.1. The van der Waals surface area contributed by atoms with Crippen LogP contribution >= 0.6 is 0 Å². The fraction of sp³-hybridized carbons (Fsp3) is 0.500. The summed E-state index contributed by atoms with van der Waals surface area (Å²) < 4.78 is 16.1. The summed E-state index contributed by atoms with van der Waals surface area (Å²) in [4.78, 5) is 0. The highest BCUT2D eigenvalue weighted by Gasteiger charge is 2.23. The van der Waals surface area contributed by atoms with Gasteiger partial charge in [-0.05, 0) is 31.0 Å². The van der Waals surface area contributed by atoms with Gasteiger partial charge in [-0.3, -0.25) is 0 Å². The summed E-state index contributed by atoms with van der Waals surface area (Å²) in [5.74, 6) is 2.66. The van der Waals surface area contributed by atoms with Gasteiger partial charge in [0, 0.05) is 31.0 Å². The number of halogens is 1. The van der Waals surface area contributed by atoms with E-state index in [4.69, 9.17) is 5.26 Å². The molecule has 0 saturated heterocycles. The topological polar surface area (TPSA) is 66.5 Å². The predicted octanol–water partition coefficient (Wildman–Crippen LogP) is 2.76. The van der Waals surface area contributed by atoms with Crippen molar-refractivity contribution in [3.63, 3.8) is 0 Å². The molecule has 126 valence electrons. The first kappa shape index (κ1) is 16.6. The standard InChI is InChI=1S/C18H22FN5/c1-12(2)18-23-22-17-6-4-14(11-24(17)18)9-21-10-15-5-3-13(8-20)7-16(15)19/h3,5,7,12,14,21H,4,6,9-11H2,1-2H3. The second kappa shape index (κ2) is 7.10. The van der Waals surface area contributed by atoms with Gasteiger partial charge in [-0.15, -0.1) is 10.2 Å². The Morgan fingerprint density at radius 1 is 1.42 bits per heavy atom. The Morgan fingerprint density at radius 3 is 2.96 bits per heavy atom. The smallest absolute Gasteiger partial charge is 0.135 e. The molecule has 2 aromatic rings. The van der Waals surface area contributed by atoms with Crippen LogP contribution in [0.4, 0.5) is 4.39 Å². The van der Waals surface area contributed by atoms with Crippen LogP contribution in [0.3, 0.4) is 0 Å². The number of fused-ring (bicyclic) bond motifs is 1. The van der Waals surface area contributed by atoms with E-state index in [-0.39, 0.29) is 5.82 Å². The molecule has 1 atom stereocenters. The van der Waals surface area contributed by atoms with E-state index in [1.165, 1.54) is 6.07 Å². The van der Waals surface area contributed by atoms with E-state index < -0.39 is 0 Å². The maximum absolute atomic E-state index is 13.9. The highest BCUT2D eigenvalue weighted by Crippen LogP contribution is 2.23. The fourth-order valence-corrected chi connectivity index (χ4v) is 3.18. The van der Waals surface area contributed by atoms with Crippen molar-refractivity contribution in [2.45, 2.75) is 45.7 Å². The number of hydrogen-bond donors (Lipinski definition) is 1. The van der Waals surface area contributed by atoms with E-state index in [2.05, 4.69) is 33.9 Å². The van der Waals surface area contributed by atoms with Gasteiger partial charge in [-0.25, -0.2) is 4.39 Å².